The van der Waals surface area contributed by atoms with Crippen molar-refractivity contribution in [2.45, 2.75) is 24.8 Å². The Hall–Kier alpha value is -3.35. The molecule has 7 heteroatoms. The van der Waals surface area contributed by atoms with Gasteiger partial charge in [0, 0.05) is 12.3 Å². The highest BCUT2D eigenvalue weighted by Gasteiger charge is 2.29. The minimum Gasteiger partial charge on any atom is -0.548 e. The van der Waals surface area contributed by atoms with Gasteiger partial charge < -0.3 is 25.7 Å². The van der Waals surface area contributed by atoms with Crippen molar-refractivity contribution in [1.82, 2.24) is 5.32 Å². The van der Waals surface area contributed by atoms with Crippen LogP contribution in [-0.2, 0) is 14.3 Å². The Bertz CT molecular complexity index is 835. The number of carboxylic acid groups (broad SMARTS) is 1. The number of nitrogens with one attached hydrogen (secondary N) is 1. The first kappa shape index (κ1) is 18.4. The standard InChI is InChI=1S/C20H20N2O5/c21-18(23)10-9-17(19(24)25)22-20(26)27-11-16-14-7-3-1-5-12(14)13-6-2-4-8-15(13)16/h1-8,16-17H,9-11H2,(H2,21,23)(H,22,26)(H,24,25)/p-1/t17-/m0/s1. The van der Waals surface area contributed by atoms with Crippen LogP contribution in [0.15, 0.2) is 48.5 Å². The van der Waals surface area contributed by atoms with E-state index in [4.69, 9.17) is 10.5 Å². The zero-order valence-corrected chi connectivity index (χ0v) is 14.5. The summed E-state index contributed by atoms with van der Waals surface area (Å²) in [5.74, 6) is -2.28. The van der Waals surface area contributed by atoms with Crippen LogP contribution in [0.3, 0.4) is 0 Å². The Kier molecular flexibility index (Phi) is 5.40. The van der Waals surface area contributed by atoms with Crippen LogP contribution < -0.4 is 16.2 Å². The molecular formula is C20H19N2O5-. The molecule has 1 aliphatic carbocycles. The van der Waals surface area contributed by atoms with Crippen LogP contribution in [0.4, 0.5) is 4.79 Å². The fourth-order valence-electron chi connectivity index (χ4n) is 3.32. The second-order valence-electron chi connectivity index (χ2n) is 6.35. The van der Waals surface area contributed by atoms with E-state index in [0.717, 1.165) is 22.3 Å². The summed E-state index contributed by atoms with van der Waals surface area (Å²) in [6.07, 6.45) is -1.21. The average molecular weight is 367 g/mol. The lowest BCUT2D eigenvalue weighted by Crippen LogP contribution is -2.48. The number of hydrogen-bond donors (Lipinski definition) is 2. The smallest absolute Gasteiger partial charge is 0.407 e. The number of carboxylic acids is 1. The minimum absolute atomic E-state index is 0.0649. The second-order valence-corrected chi connectivity index (χ2v) is 6.35. The Balaban J connectivity index is 1.67. The summed E-state index contributed by atoms with van der Waals surface area (Å²) in [5.41, 5.74) is 9.30. The lowest BCUT2D eigenvalue weighted by Gasteiger charge is -2.20. The van der Waals surface area contributed by atoms with Crippen LogP contribution in [0, 0.1) is 0 Å². The highest BCUT2D eigenvalue weighted by atomic mass is 16.5. The van der Waals surface area contributed by atoms with E-state index in [1.165, 1.54) is 0 Å². The van der Waals surface area contributed by atoms with Gasteiger partial charge in [0.2, 0.25) is 5.91 Å². The second kappa shape index (κ2) is 7.90. The van der Waals surface area contributed by atoms with Crippen LogP contribution in [0.5, 0.6) is 0 Å². The van der Waals surface area contributed by atoms with Crippen LogP contribution >= 0.6 is 0 Å². The third-order valence-corrected chi connectivity index (χ3v) is 4.60. The van der Waals surface area contributed by atoms with Gasteiger partial charge in [0.15, 0.2) is 0 Å². The largest absolute Gasteiger partial charge is 0.548 e. The molecule has 0 bridgehead atoms. The summed E-state index contributed by atoms with van der Waals surface area (Å²) in [6, 6.07) is 14.4. The number of hydrogen-bond acceptors (Lipinski definition) is 5. The molecule has 2 aromatic rings. The maximum Gasteiger partial charge on any atom is 0.407 e. The van der Waals surface area contributed by atoms with E-state index in [9.17, 15) is 19.5 Å². The molecule has 2 aromatic carbocycles. The molecule has 7 nitrogen and oxygen atoms in total. The van der Waals surface area contributed by atoms with Crippen molar-refractivity contribution in [3.05, 3.63) is 59.7 Å². The van der Waals surface area contributed by atoms with E-state index >= 15 is 0 Å². The van der Waals surface area contributed by atoms with Gasteiger partial charge in [0.1, 0.15) is 6.61 Å². The number of carbonyl (C=O) groups excluding carboxylic acids is 3. The molecule has 0 heterocycles. The third kappa shape index (κ3) is 4.08. The van der Waals surface area contributed by atoms with Crippen molar-refractivity contribution in [2.24, 2.45) is 5.73 Å². The predicted molar refractivity (Wildman–Crippen MR) is 95.4 cm³/mol. The van der Waals surface area contributed by atoms with Crippen molar-refractivity contribution in [3.8, 4) is 11.1 Å². The first-order chi connectivity index (χ1) is 13.0. The maximum atomic E-state index is 12.0. The molecule has 0 saturated carbocycles. The lowest BCUT2D eigenvalue weighted by atomic mass is 9.98. The van der Waals surface area contributed by atoms with Gasteiger partial charge in [-0.3, -0.25) is 4.79 Å². The highest BCUT2D eigenvalue weighted by molar-refractivity contribution is 5.81. The number of alkyl carbamates (subject to hydrolysis) is 1. The van der Waals surface area contributed by atoms with Gasteiger partial charge in [-0.15, -0.1) is 0 Å². The molecule has 27 heavy (non-hydrogen) atoms. The van der Waals surface area contributed by atoms with E-state index < -0.39 is 24.0 Å². The van der Waals surface area contributed by atoms with Gasteiger partial charge in [-0.05, 0) is 28.7 Å². The molecule has 1 aliphatic rings. The molecule has 0 spiro atoms. The Morgan fingerprint density at radius 3 is 2.11 bits per heavy atom. The number of fused-ring (bicyclic) bond motifs is 3. The van der Waals surface area contributed by atoms with Gasteiger partial charge in [0.25, 0.3) is 0 Å². The molecule has 0 aliphatic heterocycles. The summed E-state index contributed by atoms with van der Waals surface area (Å²) in [5, 5.41) is 13.3. The Labute approximate surface area is 156 Å². The summed E-state index contributed by atoms with van der Waals surface area (Å²) < 4.78 is 5.27. The molecular weight excluding hydrogens is 348 g/mol. The monoisotopic (exact) mass is 367 g/mol. The van der Waals surface area contributed by atoms with Gasteiger partial charge in [-0.1, -0.05) is 48.5 Å². The number of primary amides is 1. The van der Waals surface area contributed by atoms with Crippen molar-refractivity contribution in [3.63, 3.8) is 0 Å². The third-order valence-electron chi connectivity index (χ3n) is 4.60. The summed E-state index contributed by atoms with van der Waals surface area (Å²) in [6.45, 7) is 0.0649. The normalized spacial score (nSPS) is 13.3. The molecule has 1 atom stereocenters. The fraction of sp³-hybridized carbons (Fsp3) is 0.250. The topological polar surface area (TPSA) is 122 Å². The molecule has 0 radical (unpaired) electrons. The molecule has 3 N–H and O–H groups in total. The molecule has 0 aromatic heterocycles. The molecule has 140 valence electrons. The lowest BCUT2D eigenvalue weighted by molar-refractivity contribution is -0.308. The minimum atomic E-state index is -1.50. The number of aliphatic carboxylic acids is 1. The van der Waals surface area contributed by atoms with E-state index in [1.807, 2.05) is 48.5 Å². The van der Waals surface area contributed by atoms with Gasteiger partial charge in [0.05, 0.1) is 12.0 Å². The van der Waals surface area contributed by atoms with Crippen molar-refractivity contribution >= 4 is 18.0 Å². The molecule has 2 amide bonds. The maximum absolute atomic E-state index is 12.0. The quantitative estimate of drug-likeness (QED) is 0.753. The van der Waals surface area contributed by atoms with Crippen LogP contribution in [-0.4, -0.2) is 30.6 Å². The van der Waals surface area contributed by atoms with Gasteiger partial charge in [-0.25, -0.2) is 4.79 Å². The molecule has 0 saturated heterocycles. The summed E-state index contributed by atoms with van der Waals surface area (Å²) in [7, 11) is 0. The first-order valence-electron chi connectivity index (χ1n) is 8.58. The molecule has 0 unspecified atom stereocenters. The first-order valence-corrected chi connectivity index (χ1v) is 8.58. The highest BCUT2D eigenvalue weighted by Crippen LogP contribution is 2.44. The van der Waals surface area contributed by atoms with Crippen molar-refractivity contribution in [1.29, 1.82) is 0 Å². The average Bonchev–Trinajstić information content (AvgIpc) is 2.97. The number of amides is 2. The van der Waals surface area contributed by atoms with Crippen LogP contribution in [0.1, 0.15) is 29.9 Å². The molecule has 0 fully saturated rings. The Morgan fingerprint density at radius 1 is 1.04 bits per heavy atom. The van der Waals surface area contributed by atoms with Gasteiger partial charge >= 0.3 is 6.09 Å². The van der Waals surface area contributed by atoms with Crippen molar-refractivity contribution < 1.29 is 24.2 Å². The van der Waals surface area contributed by atoms with E-state index in [-0.39, 0.29) is 25.4 Å². The number of carbonyl (C=O) groups is 3. The van der Waals surface area contributed by atoms with Crippen LogP contribution in [0.2, 0.25) is 0 Å². The molecule has 3 rings (SSSR count). The number of ether oxygens (including phenoxy) is 1. The van der Waals surface area contributed by atoms with Gasteiger partial charge in [-0.2, -0.15) is 0 Å². The van der Waals surface area contributed by atoms with E-state index in [2.05, 4.69) is 5.32 Å². The fourth-order valence-corrected chi connectivity index (χ4v) is 3.32. The summed E-state index contributed by atoms with van der Waals surface area (Å²) >= 11 is 0. The zero-order chi connectivity index (χ0) is 19.4. The SMILES string of the molecule is NC(=O)CC[C@H](NC(=O)OCC1c2ccccc2-c2ccccc21)C(=O)[O-]. The van der Waals surface area contributed by atoms with Crippen molar-refractivity contribution in [2.75, 3.05) is 6.61 Å². The summed E-state index contributed by atoms with van der Waals surface area (Å²) in [4.78, 5) is 34.0. The van der Waals surface area contributed by atoms with E-state index in [1.54, 1.807) is 0 Å². The zero-order valence-electron chi connectivity index (χ0n) is 14.5. The Morgan fingerprint density at radius 2 is 1.59 bits per heavy atom. The number of nitrogens with two attached hydrogens (primary N) is 1. The predicted octanol–water partition coefficient (Wildman–Crippen LogP) is 0.909. The number of benzene rings is 2. The van der Waals surface area contributed by atoms with Crippen LogP contribution in [0.25, 0.3) is 11.1 Å². The van der Waals surface area contributed by atoms with E-state index in [0.29, 0.717) is 0 Å². The number of rotatable bonds is 7.